The third-order valence-corrected chi connectivity index (χ3v) is 3.43. The summed E-state index contributed by atoms with van der Waals surface area (Å²) in [6, 6.07) is 1.94. The van der Waals surface area contributed by atoms with Gasteiger partial charge in [0.05, 0.1) is 6.61 Å². The van der Waals surface area contributed by atoms with Crippen molar-refractivity contribution >= 4 is 23.5 Å². The molecule has 0 saturated carbocycles. The summed E-state index contributed by atoms with van der Waals surface area (Å²) in [5, 5.41) is 4.53. The molecule has 0 saturated heterocycles. The van der Waals surface area contributed by atoms with Crippen LogP contribution in [0.3, 0.4) is 0 Å². The molecule has 0 aromatic carbocycles. The monoisotopic (exact) mass is 280 g/mol. The second-order valence-electron chi connectivity index (χ2n) is 4.16. The summed E-state index contributed by atoms with van der Waals surface area (Å²) < 4.78 is 6.63. The van der Waals surface area contributed by atoms with E-state index in [9.17, 15) is 4.79 Å². The molecule has 2 aromatic heterocycles. The van der Waals surface area contributed by atoms with Crippen LogP contribution in [-0.2, 0) is 9.53 Å². The van der Waals surface area contributed by atoms with Gasteiger partial charge in [0.15, 0.2) is 0 Å². The minimum Gasteiger partial charge on any atom is -0.465 e. The van der Waals surface area contributed by atoms with Crippen molar-refractivity contribution in [2.24, 2.45) is 0 Å². The highest BCUT2D eigenvalue weighted by Crippen LogP contribution is 2.21. The summed E-state index contributed by atoms with van der Waals surface area (Å²) in [5.74, 6) is 0.295. The number of carbonyl (C=O) groups excluding carboxylic acids is 1. The average molecular weight is 280 g/mol. The molecule has 1 atom stereocenters. The van der Waals surface area contributed by atoms with Crippen LogP contribution in [0.2, 0.25) is 0 Å². The molecular weight excluding hydrogens is 264 g/mol. The number of fused-ring (bicyclic) bond motifs is 1. The van der Waals surface area contributed by atoms with Crippen LogP contribution in [0.25, 0.3) is 5.78 Å². The molecule has 0 unspecified atom stereocenters. The number of thioether (sulfide) groups is 1. The summed E-state index contributed by atoms with van der Waals surface area (Å²) in [6.45, 7) is 7.80. The first-order valence-corrected chi connectivity index (χ1v) is 6.93. The molecule has 0 spiro atoms. The number of carbonyl (C=O) groups is 1. The number of rotatable bonds is 4. The maximum absolute atomic E-state index is 11.6. The molecular formula is C12H16N4O2S. The SMILES string of the molecule is CCOC(=O)[C@@H](C)Sc1nc2nc(C)cc(C)n2n1. The molecule has 2 rings (SSSR count). The van der Waals surface area contributed by atoms with Gasteiger partial charge >= 0.3 is 5.97 Å². The van der Waals surface area contributed by atoms with E-state index in [4.69, 9.17) is 4.74 Å². The Labute approximate surface area is 115 Å². The number of nitrogens with zero attached hydrogens (tertiary/aromatic N) is 4. The van der Waals surface area contributed by atoms with E-state index >= 15 is 0 Å². The average Bonchev–Trinajstić information content (AvgIpc) is 2.72. The summed E-state index contributed by atoms with van der Waals surface area (Å²) in [6.07, 6.45) is 0. The van der Waals surface area contributed by atoms with Crippen LogP contribution in [0.4, 0.5) is 0 Å². The first kappa shape index (κ1) is 13.8. The van der Waals surface area contributed by atoms with Crippen molar-refractivity contribution in [1.29, 1.82) is 0 Å². The molecule has 0 N–H and O–H groups in total. The highest BCUT2D eigenvalue weighted by molar-refractivity contribution is 8.00. The molecule has 19 heavy (non-hydrogen) atoms. The molecule has 7 heteroatoms. The second kappa shape index (κ2) is 5.56. The van der Waals surface area contributed by atoms with Gasteiger partial charge in [-0.25, -0.2) is 9.50 Å². The fourth-order valence-electron chi connectivity index (χ4n) is 1.66. The summed E-state index contributed by atoms with van der Waals surface area (Å²) in [7, 11) is 0. The fourth-order valence-corrected chi connectivity index (χ4v) is 2.41. The zero-order valence-electron chi connectivity index (χ0n) is 11.4. The topological polar surface area (TPSA) is 69.4 Å². The zero-order valence-corrected chi connectivity index (χ0v) is 12.2. The summed E-state index contributed by atoms with van der Waals surface area (Å²) >= 11 is 1.27. The van der Waals surface area contributed by atoms with Crippen molar-refractivity contribution in [3.8, 4) is 0 Å². The molecule has 0 aliphatic heterocycles. The lowest BCUT2D eigenvalue weighted by Crippen LogP contribution is -2.16. The minimum atomic E-state index is -0.334. The van der Waals surface area contributed by atoms with Gasteiger partial charge < -0.3 is 4.74 Å². The smallest absolute Gasteiger partial charge is 0.319 e. The van der Waals surface area contributed by atoms with Gasteiger partial charge in [-0.2, -0.15) is 4.98 Å². The Hall–Kier alpha value is -1.63. The molecule has 0 bridgehead atoms. The number of hydrogen-bond acceptors (Lipinski definition) is 6. The van der Waals surface area contributed by atoms with Gasteiger partial charge in [-0.15, -0.1) is 5.10 Å². The third kappa shape index (κ3) is 3.04. The number of esters is 1. The number of aromatic nitrogens is 4. The van der Waals surface area contributed by atoms with Gasteiger partial charge in [-0.05, 0) is 33.8 Å². The molecule has 2 aromatic rings. The van der Waals surface area contributed by atoms with Gasteiger partial charge in [0, 0.05) is 11.4 Å². The van der Waals surface area contributed by atoms with Crippen LogP contribution < -0.4 is 0 Å². The summed E-state index contributed by atoms with van der Waals surface area (Å²) in [5.41, 5.74) is 1.86. The van der Waals surface area contributed by atoms with Crippen molar-refractivity contribution in [3.05, 3.63) is 17.5 Å². The lowest BCUT2D eigenvalue weighted by atomic mass is 10.4. The highest BCUT2D eigenvalue weighted by Gasteiger charge is 2.18. The molecule has 0 radical (unpaired) electrons. The Morgan fingerprint density at radius 1 is 1.47 bits per heavy atom. The number of aryl methyl sites for hydroxylation is 2. The normalized spacial score (nSPS) is 12.6. The van der Waals surface area contributed by atoms with E-state index in [2.05, 4.69) is 15.1 Å². The third-order valence-electron chi connectivity index (χ3n) is 2.50. The first-order chi connectivity index (χ1) is 9.01. The van der Waals surface area contributed by atoms with Crippen LogP contribution >= 0.6 is 11.8 Å². The van der Waals surface area contributed by atoms with Gasteiger partial charge in [-0.1, -0.05) is 11.8 Å². The van der Waals surface area contributed by atoms with Gasteiger partial charge in [-0.3, -0.25) is 4.79 Å². The standard InChI is InChI=1S/C12H16N4O2S/c1-5-18-10(17)9(4)19-12-14-11-13-7(2)6-8(3)16(11)15-12/h6,9H,5H2,1-4H3/t9-/m1/s1. The van der Waals surface area contributed by atoms with E-state index in [0.29, 0.717) is 17.5 Å². The van der Waals surface area contributed by atoms with Gasteiger partial charge in [0.1, 0.15) is 5.25 Å². The molecule has 0 aliphatic carbocycles. The van der Waals surface area contributed by atoms with Crippen LogP contribution in [0.5, 0.6) is 0 Å². The Morgan fingerprint density at radius 3 is 2.89 bits per heavy atom. The minimum absolute atomic E-state index is 0.257. The van der Waals surface area contributed by atoms with E-state index in [1.807, 2.05) is 19.9 Å². The molecule has 0 fully saturated rings. The number of hydrogen-bond donors (Lipinski definition) is 0. The second-order valence-corrected chi connectivity index (χ2v) is 5.47. The largest absolute Gasteiger partial charge is 0.465 e. The highest BCUT2D eigenvalue weighted by atomic mass is 32.2. The van der Waals surface area contributed by atoms with Crippen LogP contribution in [-0.4, -0.2) is 37.4 Å². The first-order valence-electron chi connectivity index (χ1n) is 6.05. The molecule has 6 nitrogen and oxygen atoms in total. The maximum Gasteiger partial charge on any atom is 0.319 e. The molecule has 0 amide bonds. The predicted octanol–water partition coefficient (Wildman–Crippen LogP) is 1.78. The van der Waals surface area contributed by atoms with Gasteiger partial charge in [0.25, 0.3) is 5.78 Å². The Bertz CT molecular complexity index is 611. The fraction of sp³-hybridized carbons (Fsp3) is 0.500. The Kier molecular flexibility index (Phi) is 4.04. The van der Waals surface area contributed by atoms with Crippen molar-refractivity contribution in [3.63, 3.8) is 0 Å². The van der Waals surface area contributed by atoms with Crippen LogP contribution in [0, 0.1) is 13.8 Å². The lowest BCUT2D eigenvalue weighted by molar-refractivity contribution is -0.142. The molecule has 2 heterocycles. The van der Waals surface area contributed by atoms with E-state index in [1.165, 1.54) is 11.8 Å². The van der Waals surface area contributed by atoms with Crippen molar-refractivity contribution in [2.45, 2.75) is 38.1 Å². The van der Waals surface area contributed by atoms with E-state index < -0.39 is 0 Å². The molecule has 102 valence electrons. The van der Waals surface area contributed by atoms with Gasteiger partial charge in [0.2, 0.25) is 5.16 Å². The molecule has 0 aliphatic rings. The Morgan fingerprint density at radius 2 is 2.21 bits per heavy atom. The van der Waals surface area contributed by atoms with Crippen LogP contribution in [0.1, 0.15) is 25.2 Å². The van der Waals surface area contributed by atoms with E-state index in [1.54, 1.807) is 18.4 Å². The van der Waals surface area contributed by atoms with Crippen molar-refractivity contribution in [2.75, 3.05) is 6.61 Å². The van der Waals surface area contributed by atoms with Crippen molar-refractivity contribution < 1.29 is 9.53 Å². The van der Waals surface area contributed by atoms with Crippen LogP contribution in [0.15, 0.2) is 11.2 Å². The quantitative estimate of drug-likeness (QED) is 0.628. The zero-order chi connectivity index (χ0) is 14.0. The van der Waals surface area contributed by atoms with Crippen molar-refractivity contribution in [1.82, 2.24) is 19.6 Å². The van der Waals surface area contributed by atoms with E-state index in [-0.39, 0.29) is 11.2 Å². The number of ether oxygens (including phenoxy) is 1. The Balaban J connectivity index is 2.22. The van der Waals surface area contributed by atoms with E-state index in [0.717, 1.165) is 11.4 Å². The maximum atomic E-state index is 11.6. The summed E-state index contributed by atoms with van der Waals surface area (Å²) in [4.78, 5) is 20.2. The lowest BCUT2D eigenvalue weighted by Gasteiger charge is -2.06. The predicted molar refractivity (Wildman–Crippen MR) is 72.2 cm³/mol.